The summed E-state index contributed by atoms with van der Waals surface area (Å²) in [4.78, 5) is 20.7. The van der Waals surface area contributed by atoms with Crippen molar-refractivity contribution in [1.82, 2.24) is 9.88 Å². The van der Waals surface area contributed by atoms with Gasteiger partial charge in [0, 0.05) is 32.4 Å². The molecule has 0 aromatic carbocycles. The van der Waals surface area contributed by atoms with Crippen LogP contribution in [0.2, 0.25) is 0 Å². The number of rotatable bonds is 3. The third-order valence-corrected chi connectivity index (χ3v) is 4.27. The molecular weight excluding hydrogens is 258 g/mol. The predicted molar refractivity (Wildman–Crippen MR) is 80.6 cm³/mol. The van der Waals surface area contributed by atoms with Crippen molar-refractivity contribution in [3.63, 3.8) is 0 Å². The third kappa shape index (κ3) is 3.41. The summed E-state index contributed by atoms with van der Waals surface area (Å²) in [6.07, 6.45) is 1.80. The Balaban J connectivity index is 1.91. The molecule has 1 aliphatic rings. The van der Waals surface area contributed by atoms with E-state index in [1.54, 1.807) is 6.20 Å². The highest BCUT2D eigenvalue weighted by molar-refractivity contribution is 7.81. The topological polar surface area (TPSA) is 36.4 Å². The number of thiol groups is 1. The summed E-state index contributed by atoms with van der Waals surface area (Å²) < 4.78 is 0. The molecule has 1 aromatic heterocycles. The zero-order chi connectivity index (χ0) is 13.8. The second kappa shape index (κ2) is 6.28. The second-order valence-corrected chi connectivity index (χ2v) is 5.75. The van der Waals surface area contributed by atoms with E-state index in [-0.39, 0.29) is 17.1 Å². The monoisotopic (exact) mass is 279 g/mol. The van der Waals surface area contributed by atoms with Crippen molar-refractivity contribution in [3.8, 4) is 0 Å². The Kier molecular flexibility index (Phi) is 4.69. The first kappa shape index (κ1) is 14.2. The molecule has 4 nitrogen and oxygen atoms in total. The molecule has 5 heteroatoms. The van der Waals surface area contributed by atoms with Crippen LogP contribution in [0.1, 0.15) is 13.8 Å². The SMILES string of the molecule is CC(C)C(S)C(=O)N1CCN(c2ccccn2)CC1. The summed E-state index contributed by atoms with van der Waals surface area (Å²) in [6, 6.07) is 5.91. The Bertz CT molecular complexity index is 416. The van der Waals surface area contributed by atoms with Gasteiger partial charge in [-0.25, -0.2) is 4.98 Å². The number of nitrogens with zero attached hydrogens (tertiary/aromatic N) is 3. The molecule has 0 aliphatic carbocycles. The van der Waals surface area contributed by atoms with Crippen molar-refractivity contribution in [2.45, 2.75) is 19.1 Å². The van der Waals surface area contributed by atoms with Crippen LogP contribution in [-0.4, -0.2) is 47.2 Å². The quantitative estimate of drug-likeness (QED) is 0.855. The van der Waals surface area contributed by atoms with Crippen LogP contribution in [0.4, 0.5) is 5.82 Å². The molecule has 0 bridgehead atoms. The Labute approximate surface area is 120 Å². The normalized spacial score (nSPS) is 17.7. The second-order valence-electron chi connectivity index (χ2n) is 5.19. The van der Waals surface area contributed by atoms with Gasteiger partial charge in [-0.2, -0.15) is 12.6 Å². The summed E-state index contributed by atoms with van der Waals surface area (Å²) in [7, 11) is 0. The molecule has 1 atom stereocenters. The molecule has 104 valence electrons. The molecular formula is C14H21N3OS. The highest BCUT2D eigenvalue weighted by Gasteiger charge is 2.27. The molecule has 0 radical (unpaired) electrons. The van der Waals surface area contributed by atoms with E-state index in [0.717, 1.165) is 32.0 Å². The zero-order valence-electron chi connectivity index (χ0n) is 11.5. The summed E-state index contributed by atoms with van der Waals surface area (Å²) in [5.74, 6) is 1.41. The molecule has 1 fully saturated rings. The lowest BCUT2D eigenvalue weighted by molar-refractivity contribution is -0.131. The number of carbonyl (C=O) groups excluding carboxylic acids is 1. The molecule has 1 amide bonds. The highest BCUT2D eigenvalue weighted by Crippen LogP contribution is 2.16. The Morgan fingerprint density at radius 1 is 1.26 bits per heavy atom. The van der Waals surface area contributed by atoms with Crippen LogP contribution in [0.15, 0.2) is 24.4 Å². The van der Waals surface area contributed by atoms with Crippen molar-refractivity contribution >= 4 is 24.4 Å². The minimum absolute atomic E-state index is 0.152. The van der Waals surface area contributed by atoms with Gasteiger partial charge in [0.05, 0.1) is 5.25 Å². The first-order valence-electron chi connectivity index (χ1n) is 6.72. The molecule has 0 spiro atoms. The molecule has 19 heavy (non-hydrogen) atoms. The largest absolute Gasteiger partial charge is 0.353 e. The average molecular weight is 279 g/mol. The third-order valence-electron chi connectivity index (χ3n) is 3.45. The van der Waals surface area contributed by atoms with Gasteiger partial charge in [0.1, 0.15) is 5.82 Å². The molecule has 0 N–H and O–H groups in total. The molecule has 2 rings (SSSR count). The van der Waals surface area contributed by atoms with Crippen LogP contribution in [0.25, 0.3) is 0 Å². The number of hydrogen-bond donors (Lipinski definition) is 1. The fraction of sp³-hybridized carbons (Fsp3) is 0.571. The fourth-order valence-corrected chi connectivity index (χ4v) is 2.33. The van der Waals surface area contributed by atoms with E-state index in [1.165, 1.54) is 0 Å². The average Bonchev–Trinajstić information content (AvgIpc) is 2.46. The summed E-state index contributed by atoms with van der Waals surface area (Å²) in [5, 5.41) is -0.193. The van der Waals surface area contributed by atoms with Crippen LogP contribution >= 0.6 is 12.6 Å². The fourth-order valence-electron chi connectivity index (χ4n) is 2.17. The summed E-state index contributed by atoms with van der Waals surface area (Å²) in [6.45, 7) is 7.22. The maximum Gasteiger partial charge on any atom is 0.235 e. The Hall–Kier alpha value is -1.23. The Morgan fingerprint density at radius 2 is 1.95 bits per heavy atom. The van der Waals surface area contributed by atoms with Gasteiger partial charge in [-0.05, 0) is 18.1 Å². The van der Waals surface area contributed by atoms with E-state index in [0.29, 0.717) is 0 Å². The smallest absolute Gasteiger partial charge is 0.235 e. The van der Waals surface area contributed by atoms with Gasteiger partial charge in [0.2, 0.25) is 5.91 Å². The number of piperazine rings is 1. The molecule has 1 aromatic rings. The van der Waals surface area contributed by atoms with E-state index >= 15 is 0 Å². The van der Waals surface area contributed by atoms with Crippen LogP contribution in [0.3, 0.4) is 0 Å². The van der Waals surface area contributed by atoms with E-state index in [9.17, 15) is 4.79 Å². The standard InChI is InChI=1S/C14H21N3OS/c1-11(2)13(19)14(18)17-9-7-16(8-10-17)12-5-3-4-6-15-12/h3-6,11,13,19H,7-10H2,1-2H3. The number of amides is 1. The summed E-state index contributed by atoms with van der Waals surface area (Å²) >= 11 is 4.41. The molecule has 0 saturated carbocycles. The zero-order valence-corrected chi connectivity index (χ0v) is 12.4. The lowest BCUT2D eigenvalue weighted by atomic mass is 10.1. The van der Waals surface area contributed by atoms with Crippen LogP contribution in [0.5, 0.6) is 0 Å². The lowest BCUT2D eigenvalue weighted by Crippen LogP contribution is -2.51. The molecule has 2 heterocycles. The van der Waals surface area contributed by atoms with E-state index in [4.69, 9.17) is 0 Å². The molecule has 1 unspecified atom stereocenters. The van der Waals surface area contributed by atoms with Crippen LogP contribution < -0.4 is 4.90 Å². The lowest BCUT2D eigenvalue weighted by Gasteiger charge is -2.36. The first-order chi connectivity index (χ1) is 9.09. The van der Waals surface area contributed by atoms with E-state index < -0.39 is 0 Å². The maximum absolute atomic E-state index is 12.2. The van der Waals surface area contributed by atoms with Crippen molar-refractivity contribution < 1.29 is 4.79 Å². The number of carbonyl (C=O) groups is 1. The summed E-state index contributed by atoms with van der Waals surface area (Å²) in [5.41, 5.74) is 0. The van der Waals surface area contributed by atoms with Crippen molar-refractivity contribution in [1.29, 1.82) is 0 Å². The van der Waals surface area contributed by atoms with Gasteiger partial charge in [0.25, 0.3) is 0 Å². The minimum Gasteiger partial charge on any atom is -0.353 e. The van der Waals surface area contributed by atoms with Gasteiger partial charge in [-0.15, -0.1) is 0 Å². The highest BCUT2D eigenvalue weighted by atomic mass is 32.1. The molecule has 1 aliphatic heterocycles. The van der Waals surface area contributed by atoms with Gasteiger partial charge >= 0.3 is 0 Å². The number of hydrogen-bond acceptors (Lipinski definition) is 4. The van der Waals surface area contributed by atoms with E-state index in [2.05, 4.69) is 22.5 Å². The van der Waals surface area contributed by atoms with Crippen LogP contribution in [0, 0.1) is 5.92 Å². The number of anilines is 1. The maximum atomic E-state index is 12.2. The number of aromatic nitrogens is 1. The van der Waals surface area contributed by atoms with Crippen molar-refractivity contribution in [2.75, 3.05) is 31.1 Å². The number of pyridine rings is 1. The van der Waals surface area contributed by atoms with Gasteiger partial charge in [-0.1, -0.05) is 19.9 Å². The molecule has 1 saturated heterocycles. The van der Waals surface area contributed by atoms with Crippen LogP contribution in [-0.2, 0) is 4.79 Å². The van der Waals surface area contributed by atoms with Gasteiger partial charge in [-0.3, -0.25) is 4.79 Å². The Morgan fingerprint density at radius 3 is 2.47 bits per heavy atom. The predicted octanol–water partition coefficient (Wildman–Crippen LogP) is 1.68. The van der Waals surface area contributed by atoms with E-state index in [1.807, 2.05) is 36.9 Å². The minimum atomic E-state index is -0.193. The van der Waals surface area contributed by atoms with Crippen molar-refractivity contribution in [3.05, 3.63) is 24.4 Å². The van der Waals surface area contributed by atoms with Crippen molar-refractivity contribution in [2.24, 2.45) is 5.92 Å². The van der Waals surface area contributed by atoms with Gasteiger partial charge < -0.3 is 9.80 Å². The first-order valence-corrected chi connectivity index (χ1v) is 7.24. The van der Waals surface area contributed by atoms with Gasteiger partial charge in [0.15, 0.2) is 0 Å².